The summed E-state index contributed by atoms with van der Waals surface area (Å²) in [5.74, 6) is 0. The first kappa shape index (κ1) is 7.09. The van der Waals surface area contributed by atoms with Gasteiger partial charge in [0.1, 0.15) is 0 Å². The van der Waals surface area contributed by atoms with Gasteiger partial charge >= 0.3 is 77.5 Å². The van der Waals surface area contributed by atoms with Crippen molar-refractivity contribution in [2.24, 2.45) is 0 Å². The van der Waals surface area contributed by atoms with Crippen LogP contribution in [0.2, 0.25) is 0 Å². The fourth-order valence-corrected chi connectivity index (χ4v) is 14.3. The SMILES string of the molecule is CC[C@H]1[I-]C2CNC1[I-]2. The molecule has 0 aliphatic carbocycles. The normalized spacial score (nSPS) is 50.1. The van der Waals surface area contributed by atoms with Crippen molar-refractivity contribution in [1.82, 2.24) is 5.32 Å². The van der Waals surface area contributed by atoms with Gasteiger partial charge in [0.25, 0.3) is 0 Å². The van der Waals surface area contributed by atoms with Crippen LogP contribution in [-0.2, 0) is 0 Å². The molecule has 9 heavy (non-hydrogen) atoms. The molecule has 3 heteroatoms. The van der Waals surface area contributed by atoms with E-state index < -0.39 is 0 Å². The van der Waals surface area contributed by atoms with E-state index in [9.17, 15) is 0 Å². The summed E-state index contributed by atoms with van der Waals surface area (Å²) in [4.78, 5) is 0. The topological polar surface area (TPSA) is 12.0 Å². The fourth-order valence-electron chi connectivity index (χ4n) is 1.25. The van der Waals surface area contributed by atoms with Gasteiger partial charge in [-0.05, 0) is 0 Å². The monoisotopic (exact) mass is 351 g/mol. The van der Waals surface area contributed by atoms with Gasteiger partial charge in [-0.15, -0.1) is 0 Å². The minimum atomic E-state index is 0.619. The van der Waals surface area contributed by atoms with Crippen LogP contribution in [0.5, 0.6) is 0 Å². The van der Waals surface area contributed by atoms with Gasteiger partial charge in [-0.3, -0.25) is 0 Å². The number of rotatable bonds is 1. The van der Waals surface area contributed by atoms with Gasteiger partial charge in [-0.25, -0.2) is 0 Å². The van der Waals surface area contributed by atoms with E-state index in [4.69, 9.17) is 0 Å². The Kier molecular flexibility index (Phi) is 2.21. The summed E-state index contributed by atoms with van der Waals surface area (Å²) in [5, 5.41) is 3.63. The van der Waals surface area contributed by atoms with E-state index in [1.807, 2.05) is 0 Å². The molecular weight excluding hydrogens is 340 g/mol. The zero-order valence-corrected chi connectivity index (χ0v) is 9.72. The van der Waals surface area contributed by atoms with Crippen molar-refractivity contribution in [3.8, 4) is 0 Å². The molecule has 0 aromatic carbocycles. The first-order chi connectivity index (χ1) is 4.40. The van der Waals surface area contributed by atoms with E-state index in [1.165, 1.54) is 18.8 Å². The number of halogens is 2. The summed E-state index contributed by atoms with van der Waals surface area (Å²) in [7, 11) is 0. The van der Waals surface area contributed by atoms with Crippen molar-refractivity contribution in [2.45, 2.75) is 23.2 Å². The van der Waals surface area contributed by atoms with Gasteiger partial charge in [0.05, 0.1) is 0 Å². The predicted octanol–water partition coefficient (Wildman–Crippen LogP) is -5.79. The number of hydrogen-bond acceptors (Lipinski definition) is 1. The number of hydrogen-bond donors (Lipinski definition) is 1. The second kappa shape index (κ2) is 2.81. The Balaban J connectivity index is 2.01. The average Bonchev–Trinajstić information content (AvgIpc) is 2.45. The summed E-state index contributed by atoms with van der Waals surface area (Å²) in [6.45, 7) is 3.76. The van der Waals surface area contributed by atoms with Crippen molar-refractivity contribution in [3.05, 3.63) is 0 Å². The summed E-state index contributed by atoms with van der Waals surface area (Å²) in [5.41, 5.74) is 0. The van der Waals surface area contributed by atoms with Crippen molar-refractivity contribution >= 4 is 0 Å². The molecule has 56 valence electrons. The molecule has 0 amide bonds. The molecule has 0 radical (unpaired) electrons. The van der Waals surface area contributed by atoms with Crippen LogP contribution in [0.15, 0.2) is 0 Å². The van der Waals surface area contributed by atoms with Crippen LogP contribution in [0.25, 0.3) is 0 Å². The molecule has 2 unspecified atom stereocenters. The van der Waals surface area contributed by atoms with E-state index >= 15 is 0 Å². The summed E-state index contributed by atoms with van der Waals surface area (Å²) < 4.78 is 3.50. The summed E-state index contributed by atoms with van der Waals surface area (Å²) >= 11 is 1.27. The molecule has 1 nitrogen and oxygen atoms in total. The third-order valence-electron chi connectivity index (χ3n) is 1.75. The van der Waals surface area contributed by atoms with E-state index in [0.717, 1.165) is 4.05 Å². The van der Waals surface area contributed by atoms with E-state index in [0.29, 0.717) is 42.4 Å². The van der Waals surface area contributed by atoms with Crippen LogP contribution in [0.3, 0.4) is 0 Å². The number of alkyl halides is 4. The second-order valence-corrected chi connectivity index (χ2v) is 12.1. The van der Waals surface area contributed by atoms with Crippen molar-refractivity contribution < 1.29 is 42.4 Å². The van der Waals surface area contributed by atoms with Crippen LogP contribution in [0.1, 0.15) is 13.3 Å². The molecule has 3 atom stereocenters. The first-order valence-corrected chi connectivity index (χ1v) is 8.35. The zero-order chi connectivity index (χ0) is 6.27. The third-order valence-corrected chi connectivity index (χ3v) is 13.8. The molecule has 1 N–H and O–H groups in total. The van der Waals surface area contributed by atoms with Gasteiger partial charge < -0.3 is 0 Å². The van der Waals surface area contributed by atoms with Gasteiger partial charge in [-0.1, -0.05) is 0 Å². The Morgan fingerprint density at radius 3 is 2.78 bits per heavy atom. The maximum absolute atomic E-state index is 3.63. The van der Waals surface area contributed by atoms with Gasteiger partial charge in [0.15, 0.2) is 0 Å². The summed E-state index contributed by atoms with van der Waals surface area (Å²) in [6, 6.07) is 0. The molecule has 2 bridgehead atoms. The summed E-state index contributed by atoms with van der Waals surface area (Å²) in [6.07, 6.45) is 1.46. The molecule has 0 saturated carbocycles. The number of fused-ring (bicyclic) bond motifs is 2. The van der Waals surface area contributed by atoms with Gasteiger partial charge in [0.2, 0.25) is 0 Å². The maximum atomic E-state index is 3.63. The third kappa shape index (κ3) is 1.24. The van der Waals surface area contributed by atoms with Crippen LogP contribution in [0.4, 0.5) is 0 Å². The van der Waals surface area contributed by atoms with Gasteiger partial charge in [-0.2, -0.15) is 0 Å². The van der Waals surface area contributed by atoms with Crippen molar-refractivity contribution in [3.63, 3.8) is 0 Å². The Morgan fingerprint density at radius 2 is 2.44 bits per heavy atom. The van der Waals surface area contributed by atoms with Crippen molar-refractivity contribution in [1.29, 1.82) is 0 Å². The molecule has 0 spiro atoms. The minimum absolute atomic E-state index is 0.619. The fraction of sp³-hybridized carbons (Fsp3) is 1.00. The van der Waals surface area contributed by atoms with E-state index in [1.54, 1.807) is 0 Å². The van der Waals surface area contributed by atoms with E-state index in [-0.39, 0.29) is 0 Å². The van der Waals surface area contributed by atoms with Gasteiger partial charge in [0, 0.05) is 0 Å². The molecule has 2 saturated heterocycles. The van der Waals surface area contributed by atoms with E-state index in [2.05, 4.69) is 12.2 Å². The number of nitrogens with one attached hydrogen (secondary N) is 1. The Morgan fingerprint density at radius 1 is 1.56 bits per heavy atom. The van der Waals surface area contributed by atoms with Crippen LogP contribution >= 0.6 is 0 Å². The molecule has 2 aliphatic rings. The standard InChI is InChI=1S/C6H11I2N/c1-2-4-6-8-5(7-4)3-9-6/h4-6,9H,2-3H2,1H3/q-2/t4-,5?,6?/m1/s1. The Bertz CT molecular complexity index is 118. The van der Waals surface area contributed by atoms with Crippen LogP contribution in [-0.4, -0.2) is 16.4 Å². The molecule has 2 heterocycles. The first-order valence-electron chi connectivity index (χ1n) is 3.37. The molecular formula is C6H11I2N-2. The Labute approximate surface area is 76.9 Å². The molecule has 2 rings (SSSR count). The predicted molar refractivity (Wildman–Crippen MR) is 29.7 cm³/mol. The molecule has 0 aromatic rings. The van der Waals surface area contributed by atoms with Crippen LogP contribution < -0.4 is 47.7 Å². The van der Waals surface area contributed by atoms with Crippen LogP contribution in [0, 0.1) is 0 Å². The Hall–Kier alpha value is 1.42. The second-order valence-electron chi connectivity index (χ2n) is 2.38. The zero-order valence-electron chi connectivity index (χ0n) is 5.40. The molecule has 2 aliphatic heterocycles. The molecule has 0 aromatic heterocycles. The van der Waals surface area contributed by atoms with Crippen molar-refractivity contribution in [2.75, 3.05) is 6.54 Å². The quantitative estimate of drug-likeness (QED) is 0.282. The average molecular weight is 351 g/mol. The molecule has 2 fully saturated rings.